The lowest BCUT2D eigenvalue weighted by atomic mass is 9.93. The minimum Gasteiger partial charge on any atom is -0.374 e. The molecule has 2 N–H and O–H groups in total. The molecule has 4 nitrogen and oxygen atoms in total. The first-order valence-electron chi connectivity index (χ1n) is 4.80. The molecule has 2 rings (SSSR count). The Balaban J connectivity index is 2.24. The van der Waals surface area contributed by atoms with Crippen LogP contribution in [0.3, 0.4) is 0 Å². The van der Waals surface area contributed by atoms with Crippen molar-refractivity contribution >= 4 is 55.5 Å². The van der Waals surface area contributed by atoms with Gasteiger partial charge in [-0.3, -0.25) is 0 Å². The number of hydrogen-bond donors (Lipinski definition) is 1. The number of nitrogens with two attached hydrogens (primary N) is 1. The summed E-state index contributed by atoms with van der Waals surface area (Å²) in [5.74, 6) is 0. The molecule has 0 radical (unpaired) electrons. The van der Waals surface area contributed by atoms with Gasteiger partial charge in [-0.05, 0) is 27.7 Å². The first-order chi connectivity index (χ1) is 7.86. The van der Waals surface area contributed by atoms with Crippen molar-refractivity contribution in [1.82, 2.24) is 15.2 Å². The first-order valence-corrected chi connectivity index (χ1v) is 8.04. The summed E-state index contributed by atoms with van der Waals surface area (Å²) in [6, 6.07) is 0. The van der Waals surface area contributed by atoms with Gasteiger partial charge >= 0.3 is 0 Å². The maximum atomic E-state index is 5.54. The predicted molar refractivity (Wildman–Crippen MR) is 77.0 cm³/mol. The first kappa shape index (κ1) is 13.3. The Labute approximate surface area is 120 Å². The van der Waals surface area contributed by atoms with Crippen LogP contribution in [0.2, 0.25) is 0 Å². The van der Waals surface area contributed by atoms with E-state index < -0.39 is 0 Å². The molecular weight excluding hydrogens is 340 g/mol. The summed E-state index contributed by atoms with van der Waals surface area (Å²) in [6.07, 6.45) is 0. The molecule has 0 aromatic carbocycles. The van der Waals surface area contributed by atoms with E-state index >= 15 is 0 Å². The molecule has 2 aromatic heterocycles. The summed E-state index contributed by atoms with van der Waals surface area (Å²) < 4.78 is 2.85. The number of nitrogen functional groups attached to an aromatic ring is 1. The van der Waals surface area contributed by atoms with Crippen LogP contribution in [0.4, 0.5) is 5.13 Å². The van der Waals surface area contributed by atoms with E-state index in [0.29, 0.717) is 5.13 Å². The van der Waals surface area contributed by atoms with Crippen LogP contribution in [0, 0.1) is 0 Å². The van der Waals surface area contributed by atoms with E-state index in [0.717, 1.165) is 18.2 Å². The average Bonchev–Trinajstić information content (AvgIpc) is 2.72. The van der Waals surface area contributed by atoms with E-state index in [1.807, 2.05) is 0 Å². The highest BCUT2D eigenvalue weighted by Crippen LogP contribution is 2.40. The third kappa shape index (κ3) is 3.18. The third-order valence-electron chi connectivity index (χ3n) is 1.87. The van der Waals surface area contributed by atoms with Gasteiger partial charge in [0, 0.05) is 5.41 Å². The van der Waals surface area contributed by atoms with Crippen molar-refractivity contribution in [3.8, 4) is 0 Å². The van der Waals surface area contributed by atoms with Crippen LogP contribution in [0.15, 0.2) is 12.5 Å². The molecule has 0 saturated carbocycles. The Hall–Kier alpha value is -0.180. The summed E-state index contributed by atoms with van der Waals surface area (Å²) >= 11 is 8.05. The van der Waals surface area contributed by atoms with Crippen LogP contribution in [-0.2, 0) is 5.41 Å². The molecule has 0 bridgehead atoms. The molecule has 8 heteroatoms. The normalized spacial score (nSPS) is 12.0. The highest BCUT2D eigenvalue weighted by atomic mass is 79.9. The zero-order valence-corrected chi connectivity index (χ0v) is 13.6. The van der Waals surface area contributed by atoms with Gasteiger partial charge in [-0.2, -0.15) is 0 Å². The van der Waals surface area contributed by atoms with E-state index in [4.69, 9.17) is 5.73 Å². The van der Waals surface area contributed by atoms with E-state index in [9.17, 15) is 0 Å². The molecule has 2 aromatic rings. The van der Waals surface area contributed by atoms with Crippen LogP contribution in [0.5, 0.6) is 0 Å². The number of aromatic nitrogens is 3. The molecule has 0 fully saturated rings. The third-order valence-corrected chi connectivity index (χ3v) is 5.44. The van der Waals surface area contributed by atoms with Crippen molar-refractivity contribution in [2.75, 3.05) is 5.73 Å². The second kappa shape index (κ2) is 4.83. The molecule has 92 valence electrons. The van der Waals surface area contributed by atoms with Gasteiger partial charge in [-0.25, -0.2) is 4.98 Å². The molecule has 0 amide bonds. The maximum absolute atomic E-state index is 5.54. The van der Waals surface area contributed by atoms with Gasteiger partial charge in [0.2, 0.25) is 5.13 Å². The molecule has 0 aliphatic heterocycles. The van der Waals surface area contributed by atoms with Gasteiger partial charge in [0.15, 0.2) is 8.68 Å². The molecule has 0 spiro atoms. The van der Waals surface area contributed by atoms with E-state index in [1.165, 1.54) is 23.1 Å². The Morgan fingerprint density at radius 1 is 1.18 bits per heavy atom. The molecule has 0 atom stereocenters. The van der Waals surface area contributed by atoms with Crippen molar-refractivity contribution in [3.63, 3.8) is 0 Å². The van der Waals surface area contributed by atoms with Gasteiger partial charge in [0.1, 0.15) is 0 Å². The van der Waals surface area contributed by atoms with Crippen LogP contribution in [-0.4, -0.2) is 15.2 Å². The van der Waals surface area contributed by atoms with Crippen LogP contribution < -0.4 is 5.73 Å². The molecular formula is C9H11BrN4S3. The SMILES string of the molecule is CC(C)(C)c1nc(Sc2nnc(N)s2)sc1Br. The summed E-state index contributed by atoms with van der Waals surface area (Å²) in [6.45, 7) is 6.43. The highest BCUT2D eigenvalue weighted by molar-refractivity contribution is 9.11. The van der Waals surface area contributed by atoms with Crippen LogP contribution in [0.25, 0.3) is 0 Å². The molecule has 2 heterocycles. The monoisotopic (exact) mass is 350 g/mol. The van der Waals surface area contributed by atoms with E-state index in [2.05, 4.69) is 51.9 Å². The zero-order valence-electron chi connectivity index (χ0n) is 9.52. The second-order valence-corrected chi connectivity index (χ2v) is 9.18. The fourth-order valence-corrected chi connectivity index (χ4v) is 5.51. The smallest absolute Gasteiger partial charge is 0.203 e. The summed E-state index contributed by atoms with van der Waals surface area (Å²) in [5.41, 5.74) is 6.65. The minimum absolute atomic E-state index is 0.0360. The van der Waals surface area contributed by atoms with E-state index in [1.54, 1.807) is 11.3 Å². The topological polar surface area (TPSA) is 64.7 Å². The van der Waals surface area contributed by atoms with Gasteiger partial charge in [0.05, 0.1) is 9.48 Å². The Kier molecular flexibility index (Phi) is 3.77. The minimum atomic E-state index is 0.0360. The van der Waals surface area contributed by atoms with Crippen molar-refractivity contribution in [1.29, 1.82) is 0 Å². The van der Waals surface area contributed by atoms with Crippen molar-refractivity contribution in [2.24, 2.45) is 0 Å². The molecule has 0 saturated heterocycles. The lowest BCUT2D eigenvalue weighted by Crippen LogP contribution is -2.12. The fourth-order valence-electron chi connectivity index (χ4n) is 1.13. The zero-order chi connectivity index (χ0) is 12.6. The number of halogens is 1. The number of rotatable bonds is 2. The predicted octanol–water partition coefficient (Wildman–Crippen LogP) is 3.79. The second-order valence-electron chi connectivity index (χ2n) is 4.36. The number of anilines is 1. The quantitative estimate of drug-likeness (QED) is 0.892. The Morgan fingerprint density at radius 2 is 1.88 bits per heavy atom. The molecule has 0 unspecified atom stereocenters. The van der Waals surface area contributed by atoms with Gasteiger partial charge in [-0.15, -0.1) is 10.2 Å². The van der Waals surface area contributed by atoms with Crippen molar-refractivity contribution in [3.05, 3.63) is 9.48 Å². The summed E-state index contributed by atoms with van der Waals surface area (Å²) in [7, 11) is 0. The van der Waals surface area contributed by atoms with E-state index in [-0.39, 0.29) is 5.41 Å². The Bertz CT molecular complexity index is 529. The van der Waals surface area contributed by atoms with Crippen LogP contribution >= 0.6 is 50.4 Å². The highest BCUT2D eigenvalue weighted by Gasteiger charge is 2.22. The van der Waals surface area contributed by atoms with Crippen molar-refractivity contribution < 1.29 is 0 Å². The lowest BCUT2D eigenvalue weighted by molar-refractivity contribution is 0.567. The molecule has 17 heavy (non-hydrogen) atoms. The average molecular weight is 351 g/mol. The van der Waals surface area contributed by atoms with Gasteiger partial charge < -0.3 is 5.73 Å². The Morgan fingerprint density at radius 3 is 2.35 bits per heavy atom. The summed E-state index contributed by atoms with van der Waals surface area (Å²) in [5, 5.41) is 8.24. The number of thiazole rings is 1. The number of nitrogens with zero attached hydrogens (tertiary/aromatic N) is 3. The summed E-state index contributed by atoms with van der Waals surface area (Å²) in [4.78, 5) is 4.62. The molecule has 0 aliphatic carbocycles. The maximum Gasteiger partial charge on any atom is 0.203 e. The van der Waals surface area contributed by atoms with Gasteiger partial charge in [-0.1, -0.05) is 43.4 Å². The fraction of sp³-hybridized carbons (Fsp3) is 0.444. The number of hydrogen-bond acceptors (Lipinski definition) is 7. The lowest BCUT2D eigenvalue weighted by Gasteiger charge is -2.15. The van der Waals surface area contributed by atoms with Crippen molar-refractivity contribution in [2.45, 2.75) is 34.9 Å². The standard InChI is InChI=1S/C9H11BrN4S3/c1-9(2,3)4-5(10)15-7(12-4)17-8-14-13-6(11)16-8/h1-3H3,(H2,11,13). The van der Waals surface area contributed by atoms with Crippen LogP contribution in [0.1, 0.15) is 26.5 Å². The van der Waals surface area contributed by atoms with Gasteiger partial charge in [0.25, 0.3) is 0 Å². The molecule has 0 aliphatic rings. The largest absolute Gasteiger partial charge is 0.374 e.